The number of rotatable bonds is 7. The zero-order valence-electron chi connectivity index (χ0n) is 40.3. The van der Waals surface area contributed by atoms with Crippen molar-refractivity contribution in [3.63, 3.8) is 0 Å². The van der Waals surface area contributed by atoms with Crippen LogP contribution in [0.5, 0.6) is 0 Å². The molecule has 0 saturated carbocycles. The van der Waals surface area contributed by atoms with E-state index in [1.807, 2.05) is 0 Å². The van der Waals surface area contributed by atoms with Crippen molar-refractivity contribution in [2.45, 2.75) is 45.4 Å². The van der Waals surface area contributed by atoms with Gasteiger partial charge in [0.15, 0.2) is 0 Å². The SMILES string of the molecule is CC(C)(C)c1ccc(N(c2ccc(-c3ccccc3)cc2)c2ccc3c(c2)C(C)(C)c2cc(-n4c5ccccc5c5cc(-c6ccc7c(c6)c6ccccc6n7-c6ccccc6)ccc54)ccc2-3)cc1. The van der Waals surface area contributed by atoms with Crippen molar-refractivity contribution in [2.75, 3.05) is 4.90 Å². The van der Waals surface area contributed by atoms with Crippen molar-refractivity contribution in [1.82, 2.24) is 9.13 Å². The standard InChI is InChI=1S/C67H53N3/c1-66(2,3)48-28-32-51(33-29-48)68(50-30-24-45(25-31-50)44-16-8-6-9-17-44)52-34-36-54-55-37-35-53(43-61(55)67(4,5)60(54)42-52)70-63-23-15-13-21-57(63)59-41-47(27-39-65(59)70)46-26-38-64-58(40-46)56-20-12-14-22-62(56)69(64)49-18-10-7-11-19-49/h6-43H,1-5H3. The molecule has 2 aromatic heterocycles. The molecule has 3 heteroatoms. The Morgan fingerprint density at radius 1 is 0.343 bits per heavy atom. The zero-order valence-corrected chi connectivity index (χ0v) is 40.3. The first kappa shape index (κ1) is 41.8. The fourth-order valence-corrected chi connectivity index (χ4v) is 11.4. The third-order valence-electron chi connectivity index (χ3n) is 15.1. The van der Waals surface area contributed by atoms with Gasteiger partial charge in [0.05, 0.1) is 22.1 Å². The number of hydrogen-bond donors (Lipinski definition) is 0. The Hall–Kier alpha value is -8.40. The molecule has 0 amide bonds. The average molecular weight is 900 g/mol. The number of nitrogens with zero attached hydrogens (tertiary/aromatic N) is 3. The largest absolute Gasteiger partial charge is 0.310 e. The normalized spacial score (nSPS) is 13.0. The fourth-order valence-electron chi connectivity index (χ4n) is 11.4. The summed E-state index contributed by atoms with van der Waals surface area (Å²) in [5, 5.41) is 5.02. The summed E-state index contributed by atoms with van der Waals surface area (Å²) in [5.41, 5.74) is 21.9. The Kier molecular flexibility index (Phi) is 9.45. The molecule has 10 aromatic carbocycles. The van der Waals surface area contributed by atoms with Crippen molar-refractivity contribution < 1.29 is 0 Å². The first-order valence-corrected chi connectivity index (χ1v) is 24.6. The van der Waals surface area contributed by atoms with E-state index in [-0.39, 0.29) is 10.8 Å². The van der Waals surface area contributed by atoms with Crippen LogP contribution in [-0.2, 0) is 10.8 Å². The van der Waals surface area contributed by atoms with Crippen molar-refractivity contribution in [2.24, 2.45) is 0 Å². The summed E-state index contributed by atoms with van der Waals surface area (Å²) in [5.74, 6) is 0. The maximum Gasteiger partial charge on any atom is 0.0541 e. The minimum absolute atomic E-state index is 0.0634. The molecule has 0 N–H and O–H groups in total. The summed E-state index contributed by atoms with van der Waals surface area (Å²) in [6, 6.07) is 85.4. The quantitative estimate of drug-likeness (QED) is 0.155. The summed E-state index contributed by atoms with van der Waals surface area (Å²) in [6.45, 7) is 11.6. The van der Waals surface area contributed by atoms with Gasteiger partial charge in [-0.05, 0) is 153 Å². The minimum atomic E-state index is -0.246. The maximum absolute atomic E-state index is 2.47. The lowest BCUT2D eigenvalue weighted by Crippen LogP contribution is -2.17. The number of benzene rings is 10. The lowest BCUT2D eigenvalue weighted by Gasteiger charge is -2.29. The fraction of sp³-hybridized carbons (Fsp3) is 0.104. The molecule has 13 rings (SSSR count). The van der Waals surface area contributed by atoms with Gasteiger partial charge in [-0.15, -0.1) is 0 Å². The Morgan fingerprint density at radius 3 is 1.37 bits per heavy atom. The zero-order chi connectivity index (χ0) is 47.3. The van der Waals surface area contributed by atoms with E-state index in [0.29, 0.717) is 0 Å². The number of fused-ring (bicyclic) bond motifs is 9. The van der Waals surface area contributed by atoms with Crippen LogP contribution in [0.3, 0.4) is 0 Å². The van der Waals surface area contributed by atoms with Crippen LogP contribution >= 0.6 is 0 Å². The van der Waals surface area contributed by atoms with Gasteiger partial charge in [-0.3, -0.25) is 0 Å². The first-order valence-electron chi connectivity index (χ1n) is 24.6. The maximum atomic E-state index is 2.47. The highest BCUT2D eigenvalue weighted by Gasteiger charge is 2.37. The second-order valence-corrected chi connectivity index (χ2v) is 20.6. The summed E-state index contributed by atoms with van der Waals surface area (Å²) in [4.78, 5) is 2.42. The summed E-state index contributed by atoms with van der Waals surface area (Å²) in [7, 11) is 0. The molecule has 0 aliphatic heterocycles. The van der Waals surface area contributed by atoms with Gasteiger partial charge in [0.25, 0.3) is 0 Å². The van der Waals surface area contributed by atoms with Gasteiger partial charge in [0.2, 0.25) is 0 Å². The van der Waals surface area contributed by atoms with E-state index in [2.05, 4.69) is 279 Å². The minimum Gasteiger partial charge on any atom is -0.310 e. The molecule has 0 spiro atoms. The van der Waals surface area contributed by atoms with Crippen LogP contribution in [0.1, 0.15) is 51.3 Å². The Labute approximate surface area is 410 Å². The monoisotopic (exact) mass is 899 g/mol. The van der Waals surface area contributed by atoms with Gasteiger partial charge >= 0.3 is 0 Å². The second-order valence-electron chi connectivity index (χ2n) is 20.6. The highest BCUT2D eigenvalue weighted by atomic mass is 15.1. The molecule has 3 nitrogen and oxygen atoms in total. The van der Waals surface area contributed by atoms with Gasteiger partial charge in [0, 0.05) is 55.4 Å². The third-order valence-corrected chi connectivity index (χ3v) is 15.1. The van der Waals surface area contributed by atoms with Crippen molar-refractivity contribution in [3.8, 4) is 44.8 Å². The van der Waals surface area contributed by atoms with E-state index in [1.165, 1.54) is 105 Å². The van der Waals surface area contributed by atoms with E-state index in [4.69, 9.17) is 0 Å². The molecule has 2 heterocycles. The molecule has 1 aliphatic rings. The van der Waals surface area contributed by atoms with Crippen LogP contribution in [-0.4, -0.2) is 9.13 Å². The lowest BCUT2D eigenvalue weighted by molar-refractivity contribution is 0.590. The topological polar surface area (TPSA) is 13.1 Å². The van der Waals surface area contributed by atoms with Gasteiger partial charge in [-0.1, -0.05) is 168 Å². The van der Waals surface area contributed by atoms with E-state index >= 15 is 0 Å². The molecule has 0 atom stereocenters. The van der Waals surface area contributed by atoms with Crippen LogP contribution in [0.25, 0.3) is 88.4 Å². The summed E-state index contributed by atoms with van der Waals surface area (Å²) >= 11 is 0. The van der Waals surface area contributed by atoms with E-state index in [1.54, 1.807) is 0 Å². The molecule has 0 unspecified atom stereocenters. The summed E-state index contributed by atoms with van der Waals surface area (Å²) < 4.78 is 4.85. The number of para-hydroxylation sites is 3. The predicted octanol–water partition coefficient (Wildman–Crippen LogP) is 18.3. The van der Waals surface area contributed by atoms with E-state index in [0.717, 1.165) is 17.1 Å². The van der Waals surface area contributed by atoms with Crippen LogP contribution in [0.15, 0.2) is 231 Å². The molecule has 0 radical (unpaired) electrons. The first-order chi connectivity index (χ1) is 34.1. The lowest BCUT2D eigenvalue weighted by atomic mass is 9.82. The van der Waals surface area contributed by atoms with Crippen LogP contribution in [0.2, 0.25) is 0 Å². The third kappa shape index (κ3) is 6.64. The van der Waals surface area contributed by atoms with Gasteiger partial charge in [0.1, 0.15) is 0 Å². The van der Waals surface area contributed by atoms with E-state index < -0.39 is 0 Å². The molecule has 0 saturated heterocycles. The van der Waals surface area contributed by atoms with E-state index in [9.17, 15) is 0 Å². The Morgan fingerprint density at radius 2 is 0.786 bits per heavy atom. The molecular weight excluding hydrogens is 847 g/mol. The van der Waals surface area contributed by atoms with Crippen molar-refractivity contribution >= 4 is 60.7 Å². The number of aromatic nitrogens is 2. The molecular formula is C67H53N3. The van der Waals surface area contributed by atoms with Gasteiger partial charge in [-0.2, -0.15) is 0 Å². The van der Waals surface area contributed by atoms with Crippen molar-refractivity contribution in [3.05, 3.63) is 247 Å². The highest BCUT2D eigenvalue weighted by Crippen LogP contribution is 2.52. The smallest absolute Gasteiger partial charge is 0.0541 e. The van der Waals surface area contributed by atoms with Crippen LogP contribution in [0, 0.1) is 0 Å². The molecule has 1 aliphatic carbocycles. The summed E-state index contributed by atoms with van der Waals surface area (Å²) in [6.07, 6.45) is 0. The average Bonchev–Trinajstić information content (AvgIpc) is 3.99. The Bertz CT molecular complexity index is 3980. The predicted molar refractivity (Wildman–Crippen MR) is 297 cm³/mol. The highest BCUT2D eigenvalue weighted by molar-refractivity contribution is 6.13. The second kappa shape index (κ2) is 15.8. The van der Waals surface area contributed by atoms with Crippen LogP contribution in [0.4, 0.5) is 17.1 Å². The number of anilines is 3. The van der Waals surface area contributed by atoms with Gasteiger partial charge in [-0.25, -0.2) is 0 Å². The Balaban J connectivity index is 0.887. The van der Waals surface area contributed by atoms with Gasteiger partial charge < -0.3 is 14.0 Å². The van der Waals surface area contributed by atoms with Crippen molar-refractivity contribution in [1.29, 1.82) is 0 Å². The molecule has 70 heavy (non-hydrogen) atoms. The number of hydrogen-bond acceptors (Lipinski definition) is 1. The molecule has 12 aromatic rings. The molecule has 0 fully saturated rings. The molecule has 0 bridgehead atoms. The van der Waals surface area contributed by atoms with Crippen LogP contribution < -0.4 is 4.90 Å². The molecule has 336 valence electrons.